The SMILES string of the molecule is CN(C(=O)O)c1ccc(N2CCC[C@@]3(CCN(C4CCC(O)CC4)C3=O)C2)c(F)c1. The molecule has 2 saturated heterocycles. The minimum absolute atomic E-state index is 0.177. The third kappa shape index (κ3) is 3.73. The first-order valence-electron chi connectivity index (χ1n) is 10.8. The summed E-state index contributed by atoms with van der Waals surface area (Å²) in [6.45, 7) is 1.90. The van der Waals surface area contributed by atoms with Gasteiger partial charge in [0.2, 0.25) is 5.91 Å². The van der Waals surface area contributed by atoms with Gasteiger partial charge in [0.25, 0.3) is 0 Å². The number of carbonyl (C=O) groups excluding carboxylic acids is 1. The van der Waals surface area contributed by atoms with Crippen molar-refractivity contribution in [2.24, 2.45) is 5.41 Å². The van der Waals surface area contributed by atoms with Crippen LogP contribution in [0.3, 0.4) is 0 Å². The van der Waals surface area contributed by atoms with Crippen molar-refractivity contribution in [2.45, 2.75) is 57.1 Å². The summed E-state index contributed by atoms with van der Waals surface area (Å²) >= 11 is 0. The van der Waals surface area contributed by atoms with E-state index >= 15 is 0 Å². The van der Waals surface area contributed by atoms with E-state index in [0.29, 0.717) is 18.8 Å². The second-order valence-electron chi connectivity index (χ2n) is 8.99. The number of likely N-dealkylation sites (tertiary alicyclic amines) is 1. The van der Waals surface area contributed by atoms with E-state index in [1.165, 1.54) is 13.1 Å². The standard InChI is InChI=1S/C22H30FN3O4/c1-24(21(29)30)16-5-8-19(18(23)13-16)25-11-2-9-22(14-25)10-12-26(20(22)28)15-3-6-17(27)7-4-15/h5,8,13,15,17,27H,2-4,6-7,9-12,14H2,1H3,(H,29,30)/t15?,17?,22-/m1/s1. The number of carbonyl (C=O) groups is 2. The van der Waals surface area contributed by atoms with Gasteiger partial charge in [0.05, 0.1) is 17.2 Å². The highest BCUT2D eigenvalue weighted by Crippen LogP contribution is 2.44. The second-order valence-corrected chi connectivity index (χ2v) is 8.99. The van der Waals surface area contributed by atoms with Crippen LogP contribution in [0.15, 0.2) is 18.2 Å². The first kappa shape index (κ1) is 20.9. The van der Waals surface area contributed by atoms with Gasteiger partial charge in [-0.25, -0.2) is 9.18 Å². The third-order valence-electron chi connectivity index (χ3n) is 7.18. The van der Waals surface area contributed by atoms with E-state index in [0.717, 1.165) is 56.4 Å². The number of amides is 2. The van der Waals surface area contributed by atoms with E-state index in [9.17, 15) is 19.1 Å². The maximum atomic E-state index is 14.9. The van der Waals surface area contributed by atoms with Crippen molar-refractivity contribution < 1.29 is 24.2 Å². The topological polar surface area (TPSA) is 84.3 Å². The molecule has 2 heterocycles. The molecule has 2 amide bonds. The molecule has 1 atom stereocenters. The maximum Gasteiger partial charge on any atom is 0.411 e. The molecule has 0 bridgehead atoms. The first-order chi connectivity index (χ1) is 14.3. The Bertz CT molecular complexity index is 827. The zero-order valence-electron chi connectivity index (χ0n) is 17.4. The Hall–Kier alpha value is -2.35. The summed E-state index contributed by atoms with van der Waals surface area (Å²) in [6.07, 6.45) is 4.21. The zero-order valence-corrected chi connectivity index (χ0v) is 17.4. The molecule has 2 aliphatic heterocycles. The van der Waals surface area contributed by atoms with Gasteiger partial charge in [-0.05, 0) is 63.1 Å². The van der Waals surface area contributed by atoms with E-state index in [4.69, 9.17) is 5.11 Å². The van der Waals surface area contributed by atoms with Crippen molar-refractivity contribution in [2.75, 3.05) is 36.5 Å². The summed E-state index contributed by atoms with van der Waals surface area (Å²) in [5.74, 6) is -0.294. The molecule has 0 aromatic heterocycles. The maximum absolute atomic E-state index is 14.9. The van der Waals surface area contributed by atoms with Gasteiger partial charge in [-0.15, -0.1) is 0 Å². The molecule has 3 aliphatic rings. The predicted molar refractivity (Wildman–Crippen MR) is 111 cm³/mol. The molecular weight excluding hydrogens is 389 g/mol. The van der Waals surface area contributed by atoms with Crippen LogP contribution in [0.4, 0.5) is 20.6 Å². The lowest BCUT2D eigenvalue weighted by atomic mass is 9.78. The molecule has 164 valence electrons. The lowest BCUT2D eigenvalue weighted by molar-refractivity contribution is -0.139. The molecule has 0 unspecified atom stereocenters. The molecule has 8 heteroatoms. The first-order valence-corrected chi connectivity index (χ1v) is 10.8. The number of nitrogens with zero attached hydrogens (tertiary/aromatic N) is 3. The Morgan fingerprint density at radius 3 is 2.60 bits per heavy atom. The minimum Gasteiger partial charge on any atom is -0.465 e. The Labute approximate surface area is 176 Å². The zero-order chi connectivity index (χ0) is 21.5. The normalized spacial score (nSPS) is 29.5. The van der Waals surface area contributed by atoms with E-state index in [1.807, 2.05) is 9.80 Å². The Morgan fingerprint density at radius 1 is 1.20 bits per heavy atom. The Balaban J connectivity index is 1.49. The number of halogens is 1. The summed E-state index contributed by atoms with van der Waals surface area (Å²) in [6, 6.07) is 4.66. The number of rotatable bonds is 3. The number of hydrogen-bond acceptors (Lipinski definition) is 4. The van der Waals surface area contributed by atoms with Gasteiger partial charge in [-0.1, -0.05) is 0 Å². The average molecular weight is 419 g/mol. The van der Waals surface area contributed by atoms with Gasteiger partial charge < -0.3 is 20.0 Å². The van der Waals surface area contributed by atoms with Gasteiger partial charge in [-0.3, -0.25) is 9.69 Å². The van der Waals surface area contributed by atoms with Crippen LogP contribution >= 0.6 is 0 Å². The number of piperidine rings is 1. The fraction of sp³-hybridized carbons (Fsp3) is 0.636. The van der Waals surface area contributed by atoms with Crippen LogP contribution in [0.2, 0.25) is 0 Å². The van der Waals surface area contributed by atoms with Crippen LogP contribution in [-0.2, 0) is 4.79 Å². The number of aliphatic hydroxyl groups excluding tert-OH is 1. The van der Waals surface area contributed by atoms with E-state index < -0.39 is 17.3 Å². The molecule has 30 heavy (non-hydrogen) atoms. The molecule has 7 nitrogen and oxygen atoms in total. The summed E-state index contributed by atoms with van der Waals surface area (Å²) < 4.78 is 14.9. The van der Waals surface area contributed by atoms with Crippen LogP contribution in [0.1, 0.15) is 44.9 Å². The molecular formula is C22H30FN3O4. The summed E-state index contributed by atoms with van der Waals surface area (Å²) in [5, 5.41) is 18.9. The quantitative estimate of drug-likeness (QED) is 0.787. The number of benzene rings is 1. The molecule has 2 N–H and O–H groups in total. The smallest absolute Gasteiger partial charge is 0.411 e. The minimum atomic E-state index is -1.15. The van der Waals surface area contributed by atoms with Crippen LogP contribution < -0.4 is 9.80 Å². The monoisotopic (exact) mass is 419 g/mol. The Morgan fingerprint density at radius 2 is 1.93 bits per heavy atom. The Kier molecular flexibility index (Phi) is 5.61. The van der Waals surface area contributed by atoms with E-state index in [-0.39, 0.29) is 23.7 Å². The van der Waals surface area contributed by atoms with Crippen molar-refractivity contribution in [3.8, 4) is 0 Å². The molecule has 1 aromatic carbocycles. The molecule has 1 aliphatic carbocycles. The van der Waals surface area contributed by atoms with Crippen molar-refractivity contribution in [3.63, 3.8) is 0 Å². The van der Waals surface area contributed by atoms with Crippen LogP contribution in [0, 0.1) is 11.2 Å². The van der Waals surface area contributed by atoms with Gasteiger partial charge in [-0.2, -0.15) is 0 Å². The number of anilines is 2. The van der Waals surface area contributed by atoms with E-state index in [1.54, 1.807) is 12.1 Å². The van der Waals surface area contributed by atoms with Crippen LogP contribution in [0.5, 0.6) is 0 Å². The van der Waals surface area contributed by atoms with Crippen LogP contribution in [0.25, 0.3) is 0 Å². The summed E-state index contributed by atoms with van der Waals surface area (Å²) in [5.41, 5.74) is 0.221. The highest BCUT2D eigenvalue weighted by molar-refractivity contribution is 5.87. The molecule has 3 fully saturated rings. The third-order valence-corrected chi connectivity index (χ3v) is 7.18. The van der Waals surface area contributed by atoms with Gasteiger partial charge in [0.1, 0.15) is 5.82 Å². The highest BCUT2D eigenvalue weighted by atomic mass is 19.1. The molecule has 1 saturated carbocycles. The number of hydrogen-bond donors (Lipinski definition) is 2. The lowest BCUT2D eigenvalue weighted by Gasteiger charge is -2.41. The second kappa shape index (κ2) is 8.06. The largest absolute Gasteiger partial charge is 0.465 e. The number of carboxylic acid groups (broad SMARTS) is 1. The van der Waals surface area contributed by atoms with Crippen molar-refractivity contribution in [3.05, 3.63) is 24.0 Å². The highest BCUT2D eigenvalue weighted by Gasteiger charge is 2.50. The number of aliphatic hydroxyl groups is 1. The van der Waals surface area contributed by atoms with Crippen LogP contribution in [-0.4, -0.2) is 65.9 Å². The average Bonchev–Trinajstić information content (AvgIpc) is 3.03. The van der Waals surface area contributed by atoms with Crippen molar-refractivity contribution in [1.82, 2.24) is 4.90 Å². The molecule has 1 spiro atoms. The van der Waals surface area contributed by atoms with Crippen molar-refractivity contribution in [1.29, 1.82) is 0 Å². The fourth-order valence-corrected chi connectivity index (χ4v) is 5.35. The predicted octanol–water partition coefficient (Wildman–Crippen LogP) is 3.06. The van der Waals surface area contributed by atoms with Gasteiger partial charge in [0.15, 0.2) is 0 Å². The molecule has 1 aromatic rings. The molecule has 0 radical (unpaired) electrons. The summed E-state index contributed by atoms with van der Waals surface area (Å²) in [4.78, 5) is 29.5. The summed E-state index contributed by atoms with van der Waals surface area (Å²) in [7, 11) is 1.38. The van der Waals surface area contributed by atoms with E-state index in [2.05, 4.69) is 0 Å². The van der Waals surface area contributed by atoms with Gasteiger partial charge >= 0.3 is 6.09 Å². The van der Waals surface area contributed by atoms with Gasteiger partial charge in [0, 0.05) is 38.4 Å². The molecule has 4 rings (SSSR count). The van der Waals surface area contributed by atoms with Crippen molar-refractivity contribution >= 4 is 23.4 Å². The fourth-order valence-electron chi connectivity index (χ4n) is 5.35. The lowest BCUT2D eigenvalue weighted by Crippen LogP contribution is -2.50.